The largest absolute Gasteiger partial charge is 0.529 e. The Balaban J connectivity index is 0. The molecular formula is C19H46N2O9Si2. The van der Waals surface area contributed by atoms with Gasteiger partial charge in [-0.2, -0.15) is 0 Å². The Hall–Kier alpha value is -0.266. The van der Waals surface area contributed by atoms with Crippen LogP contribution in [0.15, 0.2) is 12.3 Å². The minimum Gasteiger partial charge on any atom is -0.382 e. The molecule has 0 amide bonds. The molecule has 32 heavy (non-hydrogen) atoms. The maximum atomic E-state index is 5.65. The monoisotopic (exact) mass is 502 g/mol. The van der Waals surface area contributed by atoms with Gasteiger partial charge in [0.1, 0.15) is 0 Å². The van der Waals surface area contributed by atoms with E-state index in [1.54, 1.807) is 48.4 Å². The van der Waals surface area contributed by atoms with Crippen LogP contribution < -0.4 is 11.1 Å². The maximum absolute atomic E-state index is 5.65. The molecule has 0 aromatic heterocycles. The molecule has 0 bridgehead atoms. The molecule has 11 nitrogen and oxygen atoms in total. The van der Waals surface area contributed by atoms with Crippen molar-refractivity contribution in [3.05, 3.63) is 12.3 Å². The van der Waals surface area contributed by atoms with E-state index in [2.05, 4.69) is 11.9 Å². The molecule has 0 fully saturated rings. The summed E-state index contributed by atoms with van der Waals surface area (Å²) >= 11 is 0. The van der Waals surface area contributed by atoms with E-state index in [1.165, 1.54) is 0 Å². The van der Waals surface area contributed by atoms with Crippen LogP contribution in [0.1, 0.15) is 6.42 Å². The Morgan fingerprint density at radius 3 is 1.47 bits per heavy atom. The zero-order chi connectivity index (χ0) is 24.6. The molecular weight excluding hydrogens is 456 g/mol. The summed E-state index contributed by atoms with van der Waals surface area (Å²) in [6, 6.07) is 0.827. The maximum Gasteiger partial charge on any atom is 0.529 e. The van der Waals surface area contributed by atoms with E-state index in [-0.39, 0.29) is 0 Å². The highest BCUT2D eigenvalue weighted by molar-refractivity contribution is 6.66. The summed E-state index contributed by atoms with van der Waals surface area (Å²) in [5, 5.41) is 3.21. The van der Waals surface area contributed by atoms with E-state index in [0.29, 0.717) is 46.2 Å². The first-order valence-corrected chi connectivity index (χ1v) is 14.3. The molecule has 0 heterocycles. The lowest BCUT2D eigenvalue weighted by molar-refractivity contribution is 0.0232. The molecule has 0 saturated carbocycles. The molecule has 3 N–H and O–H groups in total. The predicted molar refractivity (Wildman–Crippen MR) is 128 cm³/mol. The van der Waals surface area contributed by atoms with Crippen LogP contribution in [-0.2, 0) is 40.8 Å². The zero-order valence-electron chi connectivity index (χ0n) is 20.8. The first kappa shape index (κ1) is 33.9. The lowest BCUT2D eigenvalue weighted by atomic mass is 10.5. The van der Waals surface area contributed by atoms with E-state index in [4.69, 9.17) is 46.5 Å². The normalized spacial score (nSPS) is 11.8. The number of nitrogens with one attached hydrogen (secondary N) is 1. The van der Waals surface area contributed by atoms with E-state index in [9.17, 15) is 0 Å². The number of nitrogens with two attached hydrogens (primary N) is 1. The number of ether oxygens (including phenoxy) is 3. The molecule has 0 saturated heterocycles. The highest BCUT2D eigenvalue weighted by Gasteiger charge is 2.38. The molecule has 0 spiro atoms. The summed E-state index contributed by atoms with van der Waals surface area (Å²) in [6.45, 7) is 8.79. The molecule has 0 atom stereocenters. The van der Waals surface area contributed by atoms with Gasteiger partial charge in [-0.05, 0) is 18.7 Å². The average molecular weight is 503 g/mol. The number of methoxy groups -OCH3 is 3. The summed E-state index contributed by atoms with van der Waals surface area (Å²) in [4.78, 5) is 0. The van der Waals surface area contributed by atoms with Gasteiger partial charge in [0.25, 0.3) is 0 Å². The third-order valence-electron chi connectivity index (χ3n) is 4.11. The van der Waals surface area contributed by atoms with Crippen molar-refractivity contribution in [1.29, 1.82) is 0 Å². The van der Waals surface area contributed by atoms with Gasteiger partial charge in [0.2, 0.25) is 0 Å². The standard InChI is InChI=1S/C11H24O6Si.C8H22N2O3Si/c1-5-18(15-9-6-12-2,16-10-7-13-3)17-11-8-14-4;1-11-14(12-2,13-3)8-4-6-10-7-5-9/h5H,1,6-11H2,2-4H3;10H,4-9H2,1-3H3. The minimum atomic E-state index is -2.86. The summed E-state index contributed by atoms with van der Waals surface area (Å²) in [5.74, 6) is 0. The van der Waals surface area contributed by atoms with Crippen LogP contribution in [0.5, 0.6) is 0 Å². The molecule has 0 aromatic carbocycles. The van der Waals surface area contributed by atoms with E-state index < -0.39 is 17.6 Å². The first-order valence-electron chi connectivity index (χ1n) is 10.6. The van der Waals surface area contributed by atoms with E-state index >= 15 is 0 Å². The highest BCUT2D eigenvalue weighted by Crippen LogP contribution is 2.14. The average Bonchev–Trinajstić information content (AvgIpc) is 2.82. The van der Waals surface area contributed by atoms with Gasteiger partial charge in [-0.1, -0.05) is 6.58 Å². The van der Waals surface area contributed by atoms with Crippen LogP contribution in [0.2, 0.25) is 6.04 Å². The van der Waals surface area contributed by atoms with Crippen molar-refractivity contribution in [2.24, 2.45) is 5.73 Å². The fourth-order valence-corrected chi connectivity index (χ4v) is 5.75. The summed E-state index contributed by atoms with van der Waals surface area (Å²) in [6.07, 6.45) is 0.974. The lowest BCUT2D eigenvalue weighted by Gasteiger charge is -2.26. The van der Waals surface area contributed by atoms with Crippen molar-refractivity contribution in [3.63, 3.8) is 0 Å². The van der Waals surface area contributed by atoms with Gasteiger partial charge in [0.15, 0.2) is 0 Å². The molecule has 0 aliphatic rings. The topological polar surface area (TPSA) is 121 Å². The Morgan fingerprint density at radius 2 is 1.16 bits per heavy atom. The smallest absolute Gasteiger partial charge is 0.382 e. The second-order valence-electron chi connectivity index (χ2n) is 6.27. The Labute approximate surface area is 196 Å². The van der Waals surface area contributed by atoms with Crippen molar-refractivity contribution < 1.29 is 40.8 Å². The molecule has 0 aliphatic carbocycles. The number of hydrogen-bond acceptors (Lipinski definition) is 11. The van der Waals surface area contributed by atoms with Crippen LogP contribution in [0.4, 0.5) is 0 Å². The zero-order valence-corrected chi connectivity index (χ0v) is 22.8. The fraction of sp³-hybridized carbons (Fsp3) is 0.895. The summed E-state index contributed by atoms with van der Waals surface area (Å²) in [7, 11) is 4.52. The van der Waals surface area contributed by atoms with Crippen molar-refractivity contribution in [2.45, 2.75) is 12.5 Å². The van der Waals surface area contributed by atoms with Gasteiger partial charge in [0.05, 0.1) is 39.6 Å². The Morgan fingerprint density at radius 1 is 0.719 bits per heavy atom. The molecule has 194 valence electrons. The molecule has 0 radical (unpaired) electrons. The summed E-state index contributed by atoms with van der Waals surface area (Å²) in [5.41, 5.74) is 6.95. The quantitative estimate of drug-likeness (QED) is 0.158. The van der Waals surface area contributed by atoms with Crippen molar-refractivity contribution in [1.82, 2.24) is 5.32 Å². The molecule has 13 heteroatoms. The van der Waals surface area contributed by atoms with E-state index in [1.807, 2.05) is 0 Å². The first-order chi connectivity index (χ1) is 15.5. The third kappa shape index (κ3) is 17.2. The van der Waals surface area contributed by atoms with Crippen LogP contribution >= 0.6 is 0 Å². The Kier molecular flexibility index (Phi) is 25.3. The number of hydrogen-bond donors (Lipinski definition) is 2. The SMILES string of the molecule is C=C[Si](OCCOC)(OCCOC)OCCOC.CO[Si](CCCNCCN)(OC)OC. The van der Waals surface area contributed by atoms with Crippen LogP contribution in [0.25, 0.3) is 0 Å². The van der Waals surface area contributed by atoms with Crippen molar-refractivity contribution >= 4 is 17.6 Å². The van der Waals surface area contributed by atoms with Gasteiger partial charge in [-0.15, -0.1) is 0 Å². The number of rotatable bonds is 22. The molecule has 0 aliphatic heterocycles. The lowest BCUT2D eigenvalue weighted by Crippen LogP contribution is -2.46. The Bertz CT molecular complexity index is 374. The van der Waals surface area contributed by atoms with Crippen LogP contribution in [-0.4, -0.2) is 120 Å². The minimum absolute atomic E-state index is 0.398. The van der Waals surface area contributed by atoms with Crippen LogP contribution in [0.3, 0.4) is 0 Å². The van der Waals surface area contributed by atoms with Gasteiger partial charge in [0, 0.05) is 61.8 Å². The molecule has 0 unspecified atom stereocenters. The predicted octanol–water partition coefficient (Wildman–Crippen LogP) is 0.442. The highest BCUT2D eigenvalue weighted by atomic mass is 28.4. The second kappa shape index (κ2) is 23.9. The summed E-state index contributed by atoms with van der Waals surface area (Å²) < 4.78 is 47.6. The third-order valence-corrected chi connectivity index (χ3v) is 9.26. The van der Waals surface area contributed by atoms with Gasteiger partial charge >= 0.3 is 17.6 Å². The fourth-order valence-electron chi connectivity index (χ4n) is 2.32. The molecule has 0 aromatic rings. The van der Waals surface area contributed by atoms with E-state index in [0.717, 1.165) is 25.6 Å². The van der Waals surface area contributed by atoms with Crippen LogP contribution in [0, 0.1) is 0 Å². The van der Waals surface area contributed by atoms with Crippen molar-refractivity contribution in [3.8, 4) is 0 Å². The second-order valence-corrected chi connectivity index (χ2v) is 11.8. The molecule has 0 rings (SSSR count). The van der Waals surface area contributed by atoms with Crippen molar-refractivity contribution in [2.75, 3.05) is 102 Å². The van der Waals surface area contributed by atoms with Gasteiger partial charge in [-0.25, -0.2) is 0 Å². The van der Waals surface area contributed by atoms with Gasteiger partial charge < -0.3 is 51.8 Å². The van der Waals surface area contributed by atoms with Gasteiger partial charge in [-0.3, -0.25) is 0 Å².